The zero-order valence-electron chi connectivity index (χ0n) is 15.7. The number of nitrogens with zero attached hydrogens (tertiary/aromatic N) is 5. The third-order valence-corrected chi connectivity index (χ3v) is 5.35. The van der Waals surface area contributed by atoms with Crippen molar-refractivity contribution in [2.24, 2.45) is 0 Å². The smallest absolute Gasteiger partial charge is 0.269 e. The molecule has 2 heterocycles. The predicted molar refractivity (Wildman–Crippen MR) is 109 cm³/mol. The molecule has 4 aromatic rings. The highest BCUT2D eigenvalue weighted by Gasteiger charge is 2.19. The maximum absolute atomic E-state index is 10.8. The molecule has 0 aliphatic heterocycles. The lowest BCUT2D eigenvalue weighted by Gasteiger charge is -2.10. The number of non-ortho nitro benzene ring substituents is 1. The Labute approximate surface area is 170 Å². The van der Waals surface area contributed by atoms with Gasteiger partial charge in [-0.2, -0.15) is 0 Å². The largest absolute Gasteiger partial charge is 0.419 e. The van der Waals surface area contributed by atoms with Crippen molar-refractivity contribution in [3.8, 4) is 17.1 Å². The standard InChI is InChI=1S/C20H17N5O3S/c1-13-4-3-5-17(12-13)24-11-10-21-20(24)29-14(2)18-22-23-19(28-18)15-6-8-16(9-7-15)25(26)27/h3-12,14H,1-2H3. The molecule has 0 bridgehead atoms. The van der Waals surface area contributed by atoms with Gasteiger partial charge in [-0.05, 0) is 43.7 Å². The molecule has 2 aromatic carbocycles. The summed E-state index contributed by atoms with van der Waals surface area (Å²) in [5.74, 6) is 0.784. The Morgan fingerprint density at radius 1 is 1.17 bits per heavy atom. The minimum absolute atomic E-state index is 0.0143. The normalized spacial score (nSPS) is 12.1. The number of rotatable bonds is 6. The first kappa shape index (κ1) is 18.9. The van der Waals surface area contributed by atoms with E-state index in [1.54, 1.807) is 18.3 Å². The second-order valence-electron chi connectivity index (χ2n) is 6.43. The SMILES string of the molecule is Cc1cccc(-n2ccnc2SC(C)c2nnc(-c3ccc([N+](=O)[O-])cc3)o2)c1. The summed E-state index contributed by atoms with van der Waals surface area (Å²) in [6.45, 7) is 4.01. The van der Waals surface area contributed by atoms with Gasteiger partial charge in [0.1, 0.15) is 0 Å². The lowest BCUT2D eigenvalue weighted by molar-refractivity contribution is -0.384. The van der Waals surface area contributed by atoms with Crippen LogP contribution in [-0.2, 0) is 0 Å². The third kappa shape index (κ3) is 4.04. The van der Waals surface area contributed by atoms with Gasteiger partial charge in [-0.1, -0.05) is 23.9 Å². The second-order valence-corrected chi connectivity index (χ2v) is 7.74. The first-order valence-electron chi connectivity index (χ1n) is 8.86. The molecule has 0 spiro atoms. The van der Waals surface area contributed by atoms with Crippen LogP contribution >= 0.6 is 11.8 Å². The van der Waals surface area contributed by atoms with Crippen molar-refractivity contribution in [1.82, 2.24) is 19.7 Å². The van der Waals surface area contributed by atoms with E-state index in [0.29, 0.717) is 17.3 Å². The molecule has 0 saturated carbocycles. The van der Waals surface area contributed by atoms with Crippen LogP contribution < -0.4 is 0 Å². The quantitative estimate of drug-likeness (QED) is 0.252. The zero-order chi connectivity index (χ0) is 20.4. The molecule has 146 valence electrons. The number of benzene rings is 2. The van der Waals surface area contributed by atoms with Gasteiger partial charge in [0, 0.05) is 35.8 Å². The van der Waals surface area contributed by atoms with E-state index in [4.69, 9.17) is 4.42 Å². The Morgan fingerprint density at radius 2 is 1.97 bits per heavy atom. The van der Waals surface area contributed by atoms with Crippen LogP contribution in [0.4, 0.5) is 5.69 Å². The van der Waals surface area contributed by atoms with Gasteiger partial charge in [-0.15, -0.1) is 10.2 Å². The molecule has 0 aliphatic carbocycles. The molecule has 2 aromatic heterocycles. The molecule has 0 radical (unpaired) electrons. The molecule has 9 heteroatoms. The first-order chi connectivity index (χ1) is 14.0. The average molecular weight is 407 g/mol. The van der Waals surface area contributed by atoms with Crippen molar-refractivity contribution in [2.45, 2.75) is 24.3 Å². The van der Waals surface area contributed by atoms with Gasteiger partial charge < -0.3 is 4.42 Å². The summed E-state index contributed by atoms with van der Waals surface area (Å²) in [4.78, 5) is 14.8. The number of nitro benzene ring substituents is 1. The van der Waals surface area contributed by atoms with E-state index in [0.717, 1.165) is 10.8 Å². The van der Waals surface area contributed by atoms with Gasteiger partial charge >= 0.3 is 0 Å². The molecule has 0 N–H and O–H groups in total. The van der Waals surface area contributed by atoms with Gasteiger partial charge in [0.05, 0.1) is 10.2 Å². The lowest BCUT2D eigenvalue weighted by Crippen LogP contribution is -1.98. The maximum Gasteiger partial charge on any atom is 0.269 e. The topological polar surface area (TPSA) is 99.9 Å². The van der Waals surface area contributed by atoms with E-state index in [9.17, 15) is 10.1 Å². The molecular formula is C20H17N5O3S. The molecule has 8 nitrogen and oxygen atoms in total. The molecule has 0 fully saturated rings. The number of thioether (sulfide) groups is 1. The third-order valence-electron chi connectivity index (χ3n) is 4.28. The Hall–Kier alpha value is -3.46. The zero-order valence-corrected chi connectivity index (χ0v) is 16.5. The summed E-state index contributed by atoms with van der Waals surface area (Å²) in [6, 6.07) is 14.2. The van der Waals surface area contributed by atoms with Crippen LogP contribution in [-0.4, -0.2) is 24.7 Å². The Kier molecular flexibility index (Phi) is 5.13. The summed E-state index contributed by atoms with van der Waals surface area (Å²) in [7, 11) is 0. The number of aromatic nitrogens is 4. The van der Waals surface area contributed by atoms with Crippen molar-refractivity contribution in [3.05, 3.63) is 82.5 Å². The fourth-order valence-electron chi connectivity index (χ4n) is 2.80. The summed E-state index contributed by atoms with van der Waals surface area (Å²) in [5, 5.41) is 19.7. The predicted octanol–water partition coefficient (Wildman–Crippen LogP) is 4.99. The highest BCUT2D eigenvalue weighted by Crippen LogP contribution is 2.35. The average Bonchev–Trinajstić information content (AvgIpc) is 3.38. The van der Waals surface area contributed by atoms with Crippen molar-refractivity contribution in [1.29, 1.82) is 0 Å². The number of nitro groups is 1. The van der Waals surface area contributed by atoms with Crippen LogP contribution in [0.2, 0.25) is 0 Å². The van der Waals surface area contributed by atoms with E-state index in [1.165, 1.54) is 29.5 Å². The molecule has 1 unspecified atom stereocenters. The van der Waals surface area contributed by atoms with Crippen molar-refractivity contribution < 1.29 is 9.34 Å². The highest BCUT2D eigenvalue weighted by atomic mass is 32.2. The van der Waals surface area contributed by atoms with Crippen LogP contribution in [0.5, 0.6) is 0 Å². The van der Waals surface area contributed by atoms with Crippen LogP contribution in [0, 0.1) is 17.0 Å². The Balaban J connectivity index is 1.53. The number of aryl methyl sites for hydroxylation is 1. The van der Waals surface area contributed by atoms with E-state index >= 15 is 0 Å². The Morgan fingerprint density at radius 3 is 2.69 bits per heavy atom. The minimum Gasteiger partial charge on any atom is -0.419 e. The van der Waals surface area contributed by atoms with E-state index in [2.05, 4.69) is 21.2 Å². The van der Waals surface area contributed by atoms with Crippen LogP contribution in [0.1, 0.15) is 23.6 Å². The molecule has 0 amide bonds. The van der Waals surface area contributed by atoms with Crippen LogP contribution in [0.15, 0.2) is 70.5 Å². The van der Waals surface area contributed by atoms with Gasteiger partial charge in [0.2, 0.25) is 11.8 Å². The van der Waals surface area contributed by atoms with E-state index in [-0.39, 0.29) is 10.9 Å². The van der Waals surface area contributed by atoms with Crippen molar-refractivity contribution in [2.75, 3.05) is 0 Å². The number of hydrogen-bond donors (Lipinski definition) is 0. The molecule has 0 saturated heterocycles. The van der Waals surface area contributed by atoms with Gasteiger partial charge in [0.15, 0.2) is 5.16 Å². The van der Waals surface area contributed by atoms with Crippen LogP contribution in [0.3, 0.4) is 0 Å². The van der Waals surface area contributed by atoms with E-state index in [1.807, 2.05) is 42.8 Å². The minimum atomic E-state index is -0.446. The number of hydrogen-bond acceptors (Lipinski definition) is 7. The fraction of sp³-hybridized carbons (Fsp3) is 0.150. The second kappa shape index (κ2) is 7.88. The monoisotopic (exact) mass is 407 g/mol. The first-order valence-corrected chi connectivity index (χ1v) is 9.74. The molecular weight excluding hydrogens is 390 g/mol. The maximum atomic E-state index is 10.8. The molecule has 4 rings (SSSR count). The molecule has 1 atom stereocenters. The van der Waals surface area contributed by atoms with Crippen LogP contribution in [0.25, 0.3) is 17.1 Å². The van der Waals surface area contributed by atoms with Gasteiger partial charge in [-0.3, -0.25) is 14.7 Å². The van der Waals surface area contributed by atoms with Crippen molar-refractivity contribution in [3.63, 3.8) is 0 Å². The lowest BCUT2D eigenvalue weighted by atomic mass is 10.2. The molecule has 0 aliphatic rings. The summed E-state index contributed by atoms with van der Waals surface area (Å²) in [5.41, 5.74) is 2.85. The van der Waals surface area contributed by atoms with Gasteiger partial charge in [0.25, 0.3) is 5.69 Å². The van der Waals surface area contributed by atoms with Gasteiger partial charge in [-0.25, -0.2) is 4.98 Å². The highest BCUT2D eigenvalue weighted by molar-refractivity contribution is 7.99. The number of imidazole rings is 1. The molecule has 29 heavy (non-hydrogen) atoms. The van der Waals surface area contributed by atoms with Crippen molar-refractivity contribution >= 4 is 17.4 Å². The van der Waals surface area contributed by atoms with E-state index < -0.39 is 4.92 Å². The summed E-state index contributed by atoms with van der Waals surface area (Å²) in [6.07, 6.45) is 3.67. The summed E-state index contributed by atoms with van der Waals surface area (Å²) >= 11 is 1.51. The Bertz CT molecular complexity index is 1150. The summed E-state index contributed by atoms with van der Waals surface area (Å²) < 4.78 is 7.81. The fourth-order valence-corrected chi connectivity index (χ4v) is 3.71.